The van der Waals surface area contributed by atoms with E-state index in [1.54, 1.807) is 4.57 Å². The molecule has 0 saturated carbocycles. The second-order valence-electron chi connectivity index (χ2n) is 5.32. The van der Waals surface area contributed by atoms with E-state index >= 15 is 0 Å². The summed E-state index contributed by atoms with van der Waals surface area (Å²) in [5, 5.41) is 0. The van der Waals surface area contributed by atoms with Gasteiger partial charge in [0.1, 0.15) is 18.1 Å². The summed E-state index contributed by atoms with van der Waals surface area (Å²) < 4.78 is 51.7. The number of alkyl halides is 3. The van der Waals surface area contributed by atoms with Crippen LogP contribution in [-0.2, 0) is 22.6 Å². The van der Waals surface area contributed by atoms with E-state index in [1.165, 1.54) is 13.1 Å². The molecule has 2 atom stereocenters. The first-order valence-electron chi connectivity index (χ1n) is 7.01. The Morgan fingerprint density at radius 3 is 2.86 bits per heavy atom. The van der Waals surface area contributed by atoms with Gasteiger partial charge in [-0.05, 0) is 6.92 Å². The van der Waals surface area contributed by atoms with E-state index in [1.807, 2.05) is 0 Å². The zero-order valence-corrected chi connectivity index (χ0v) is 12.0. The average molecular weight is 319 g/mol. The topological polar surface area (TPSA) is 56.6 Å². The lowest BCUT2D eigenvalue weighted by molar-refractivity contribution is -0.221. The van der Waals surface area contributed by atoms with Crippen molar-refractivity contribution in [2.75, 3.05) is 19.8 Å². The van der Waals surface area contributed by atoms with Gasteiger partial charge in [0, 0.05) is 13.1 Å². The van der Waals surface area contributed by atoms with Gasteiger partial charge in [-0.15, -0.1) is 0 Å². The van der Waals surface area contributed by atoms with Gasteiger partial charge in [-0.1, -0.05) is 0 Å². The molecule has 0 aromatic carbocycles. The van der Waals surface area contributed by atoms with E-state index in [0.29, 0.717) is 19.0 Å². The summed E-state index contributed by atoms with van der Waals surface area (Å²) in [4.78, 5) is 17.5. The van der Waals surface area contributed by atoms with Crippen molar-refractivity contribution in [1.82, 2.24) is 14.5 Å². The van der Waals surface area contributed by atoms with Crippen LogP contribution in [0.2, 0.25) is 0 Å². The number of hydrogen-bond acceptors (Lipinski definition) is 4. The minimum atomic E-state index is -4.54. The number of carbonyl (C=O) groups excluding carboxylic acids is 1. The molecule has 1 amide bonds. The molecule has 0 aliphatic carbocycles. The third-order valence-corrected chi connectivity index (χ3v) is 3.94. The van der Waals surface area contributed by atoms with Gasteiger partial charge < -0.3 is 18.9 Å². The SMILES string of the molecule is C[C@@H]1OCCN(C(=O)c2cnc3n2CCOC3)[C@@H]1C(F)(F)F. The molecule has 22 heavy (non-hydrogen) atoms. The van der Waals surface area contributed by atoms with E-state index < -0.39 is 24.2 Å². The highest BCUT2D eigenvalue weighted by Gasteiger charge is 2.51. The van der Waals surface area contributed by atoms with Crippen molar-refractivity contribution in [3.63, 3.8) is 0 Å². The Morgan fingerprint density at radius 1 is 1.36 bits per heavy atom. The number of fused-ring (bicyclic) bond motifs is 1. The Morgan fingerprint density at radius 2 is 2.14 bits per heavy atom. The standard InChI is InChI=1S/C13H16F3N3O3/c1-8-11(13(14,15)16)19(3-5-22-8)12(20)9-6-17-10-7-21-4-2-18(9)10/h6,8,11H,2-5,7H2,1H3/t8-,11-/m0/s1. The summed E-state index contributed by atoms with van der Waals surface area (Å²) in [6.07, 6.45) is -4.31. The normalized spacial score (nSPS) is 25.9. The molecule has 0 bridgehead atoms. The van der Waals surface area contributed by atoms with Crippen molar-refractivity contribution >= 4 is 5.91 Å². The lowest BCUT2D eigenvalue weighted by Crippen LogP contribution is -2.59. The van der Waals surface area contributed by atoms with Gasteiger partial charge in [0.05, 0.1) is 25.5 Å². The van der Waals surface area contributed by atoms with Gasteiger partial charge >= 0.3 is 6.18 Å². The largest absolute Gasteiger partial charge is 0.411 e. The quantitative estimate of drug-likeness (QED) is 0.781. The van der Waals surface area contributed by atoms with Crippen molar-refractivity contribution < 1.29 is 27.4 Å². The van der Waals surface area contributed by atoms with Crippen LogP contribution < -0.4 is 0 Å². The predicted octanol–water partition coefficient (Wildman–Crippen LogP) is 1.21. The summed E-state index contributed by atoms with van der Waals surface area (Å²) in [6, 6.07) is -1.94. The summed E-state index contributed by atoms with van der Waals surface area (Å²) >= 11 is 0. The number of halogens is 3. The van der Waals surface area contributed by atoms with Crippen molar-refractivity contribution in [3.05, 3.63) is 17.7 Å². The van der Waals surface area contributed by atoms with Crippen molar-refractivity contribution in [3.8, 4) is 0 Å². The van der Waals surface area contributed by atoms with Crippen molar-refractivity contribution in [2.24, 2.45) is 0 Å². The zero-order valence-electron chi connectivity index (χ0n) is 12.0. The van der Waals surface area contributed by atoms with Gasteiger partial charge in [-0.2, -0.15) is 13.2 Å². The van der Waals surface area contributed by atoms with Gasteiger partial charge in [-0.3, -0.25) is 4.79 Å². The van der Waals surface area contributed by atoms with Gasteiger partial charge in [-0.25, -0.2) is 4.98 Å². The third-order valence-electron chi connectivity index (χ3n) is 3.94. The minimum absolute atomic E-state index is 0.0869. The fraction of sp³-hybridized carbons (Fsp3) is 0.692. The predicted molar refractivity (Wildman–Crippen MR) is 68.2 cm³/mol. The van der Waals surface area contributed by atoms with E-state index in [0.717, 1.165) is 4.90 Å². The Bertz CT molecular complexity index is 573. The van der Waals surface area contributed by atoms with Crippen LogP contribution >= 0.6 is 0 Å². The van der Waals surface area contributed by atoms with Crippen LogP contribution in [0.4, 0.5) is 13.2 Å². The molecule has 6 nitrogen and oxygen atoms in total. The summed E-state index contributed by atoms with van der Waals surface area (Å²) in [5.41, 5.74) is 0.168. The van der Waals surface area contributed by atoms with E-state index in [9.17, 15) is 18.0 Å². The first-order valence-corrected chi connectivity index (χ1v) is 7.01. The average Bonchev–Trinajstić information content (AvgIpc) is 2.88. The van der Waals surface area contributed by atoms with Crippen LogP contribution in [0, 0.1) is 0 Å². The molecule has 3 heterocycles. The molecule has 1 aromatic heterocycles. The number of ether oxygens (including phenoxy) is 2. The second-order valence-corrected chi connectivity index (χ2v) is 5.32. The molecule has 2 aliphatic rings. The minimum Gasteiger partial charge on any atom is -0.374 e. The van der Waals surface area contributed by atoms with Crippen LogP contribution in [0.3, 0.4) is 0 Å². The zero-order chi connectivity index (χ0) is 15.9. The van der Waals surface area contributed by atoms with E-state index in [2.05, 4.69) is 4.98 Å². The first kappa shape index (κ1) is 15.3. The van der Waals surface area contributed by atoms with Gasteiger partial charge in [0.15, 0.2) is 6.04 Å². The van der Waals surface area contributed by atoms with E-state index in [4.69, 9.17) is 9.47 Å². The summed E-state index contributed by atoms with van der Waals surface area (Å²) in [7, 11) is 0. The maximum Gasteiger partial charge on any atom is 0.411 e. The Hall–Kier alpha value is -1.61. The van der Waals surface area contributed by atoms with Crippen LogP contribution in [0.15, 0.2) is 6.20 Å². The number of carbonyl (C=O) groups is 1. The highest BCUT2D eigenvalue weighted by molar-refractivity contribution is 5.93. The van der Waals surface area contributed by atoms with Crippen molar-refractivity contribution in [2.45, 2.75) is 38.4 Å². The molecule has 1 saturated heterocycles. The molecule has 0 spiro atoms. The Balaban J connectivity index is 1.91. The van der Waals surface area contributed by atoms with Crippen LogP contribution in [0.1, 0.15) is 23.2 Å². The summed E-state index contributed by atoms with van der Waals surface area (Å²) in [6.45, 7) is 2.40. The lowest BCUT2D eigenvalue weighted by Gasteiger charge is -2.40. The van der Waals surface area contributed by atoms with Crippen LogP contribution in [0.5, 0.6) is 0 Å². The Kier molecular flexibility index (Phi) is 3.85. The van der Waals surface area contributed by atoms with Crippen LogP contribution in [-0.4, -0.2) is 58.4 Å². The molecular weight excluding hydrogens is 303 g/mol. The molecule has 2 aliphatic heterocycles. The number of nitrogens with zero attached hydrogens (tertiary/aromatic N) is 3. The monoisotopic (exact) mass is 319 g/mol. The molecule has 0 unspecified atom stereocenters. The molecule has 1 fully saturated rings. The molecule has 3 rings (SSSR count). The number of amides is 1. The maximum absolute atomic E-state index is 13.3. The molecule has 0 radical (unpaired) electrons. The Labute approximate surface area is 124 Å². The molecule has 122 valence electrons. The molecule has 1 aromatic rings. The maximum atomic E-state index is 13.3. The fourth-order valence-corrected chi connectivity index (χ4v) is 2.91. The number of aromatic nitrogens is 2. The molecular formula is C13H16F3N3O3. The molecule has 9 heteroatoms. The smallest absolute Gasteiger partial charge is 0.374 e. The number of hydrogen-bond donors (Lipinski definition) is 0. The number of rotatable bonds is 1. The first-order chi connectivity index (χ1) is 10.4. The second kappa shape index (κ2) is 5.54. The summed E-state index contributed by atoms with van der Waals surface area (Å²) in [5.74, 6) is -0.113. The van der Waals surface area contributed by atoms with E-state index in [-0.39, 0.29) is 25.5 Å². The highest BCUT2D eigenvalue weighted by atomic mass is 19.4. The lowest BCUT2D eigenvalue weighted by atomic mass is 10.1. The number of morpholine rings is 1. The van der Waals surface area contributed by atoms with Gasteiger partial charge in [0.25, 0.3) is 5.91 Å². The fourth-order valence-electron chi connectivity index (χ4n) is 2.91. The van der Waals surface area contributed by atoms with Crippen molar-refractivity contribution in [1.29, 1.82) is 0 Å². The molecule has 0 N–H and O–H groups in total. The van der Waals surface area contributed by atoms with Crippen LogP contribution in [0.25, 0.3) is 0 Å². The highest BCUT2D eigenvalue weighted by Crippen LogP contribution is 2.32. The van der Waals surface area contributed by atoms with Gasteiger partial charge in [0.2, 0.25) is 0 Å². The third kappa shape index (κ3) is 2.58. The number of imidazole rings is 1.